The molecule has 1 aliphatic carbocycles. The van der Waals surface area contributed by atoms with Crippen LogP contribution in [0.3, 0.4) is 0 Å². The average Bonchev–Trinajstić information content (AvgIpc) is 3.22. The Morgan fingerprint density at radius 3 is 2.58 bits per heavy atom. The monoisotopic (exact) mass is 439 g/mol. The van der Waals surface area contributed by atoms with Gasteiger partial charge in [0.05, 0.1) is 19.8 Å². The third-order valence-electron chi connectivity index (χ3n) is 5.81. The van der Waals surface area contributed by atoms with Crippen LogP contribution in [0.25, 0.3) is 0 Å². The normalized spacial score (nSPS) is 16.3. The SMILES string of the molecule is COc1ccc(C(O)Nc2scc(C3CCc4ccccc4C3)c2C(=O)O)cc1OC. The van der Waals surface area contributed by atoms with Crippen LogP contribution in [0.4, 0.5) is 5.00 Å². The Bertz CT molecular complexity index is 1090. The molecule has 0 fully saturated rings. The largest absolute Gasteiger partial charge is 0.493 e. The number of fused-ring (bicyclic) bond motifs is 1. The molecule has 0 radical (unpaired) electrons. The van der Waals surface area contributed by atoms with Crippen molar-refractivity contribution >= 4 is 22.3 Å². The first-order valence-electron chi connectivity index (χ1n) is 10.1. The Labute approximate surface area is 185 Å². The molecule has 31 heavy (non-hydrogen) atoms. The molecule has 3 aromatic rings. The van der Waals surface area contributed by atoms with Gasteiger partial charge in [-0.25, -0.2) is 4.79 Å². The molecule has 2 atom stereocenters. The summed E-state index contributed by atoms with van der Waals surface area (Å²) in [4.78, 5) is 12.1. The first-order valence-corrected chi connectivity index (χ1v) is 11.0. The number of aliphatic hydroxyl groups is 1. The van der Waals surface area contributed by atoms with Gasteiger partial charge >= 0.3 is 5.97 Å². The van der Waals surface area contributed by atoms with Crippen molar-refractivity contribution < 1.29 is 24.5 Å². The van der Waals surface area contributed by atoms with Crippen LogP contribution in [-0.2, 0) is 12.8 Å². The van der Waals surface area contributed by atoms with E-state index >= 15 is 0 Å². The lowest BCUT2D eigenvalue weighted by atomic mass is 9.80. The fourth-order valence-electron chi connectivity index (χ4n) is 4.19. The van der Waals surface area contributed by atoms with Crippen molar-refractivity contribution in [1.82, 2.24) is 0 Å². The van der Waals surface area contributed by atoms with Gasteiger partial charge in [0.2, 0.25) is 0 Å². The maximum atomic E-state index is 12.1. The second-order valence-electron chi connectivity index (χ2n) is 7.57. The molecule has 0 aliphatic heterocycles. The molecule has 0 saturated heterocycles. The van der Waals surface area contributed by atoms with Crippen LogP contribution in [0.15, 0.2) is 47.8 Å². The predicted octanol–water partition coefficient (Wildman–Crippen LogP) is 4.84. The number of benzene rings is 2. The number of methoxy groups -OCH3 is 2. The summed E-state index contributed by atoms with van der Waals surface area (Å²) in [6.07, 6.45) is 1.58. The molecule has 4 rings (SSSR count). The minimum Gasteiger partial charge on any atom is -0.493 e. The van der Waals surface area contributed by atoms with Gasteiger partial charge in [0.15, 0.2) is 17.7 Å². The number of aryl methyl sites for hydroxylation is 1. The van der Waals surface area contributed by atoms with Crippen LogP contribution in [0.1, 0.15) is 51.2 Å². The number of aromatic carboxylic acids is 1. The number of ether oxygens (including phenoxy) is 2. The van der Waals surface area contributed by atoms with E-state index in [1.165, 1.54) is 29.6 Å². The van der Waals surface area contributed by atoms with Crippen molar-refractivity contribution in [3.8, 4) is 11.5 Å². The Kier molecular flexibility index (Phi) is 6.15. The quantitative estimate of drug-likeness (QED) is 0.457. The lowest BCUT2D eigenvalue weighted by Gasteiger charge is -2.25. The molecule has 1 heterocycles. The standard InChI is InChI=1S/C24H25NO5S/c1-29-19-10-9-17(12-20(19)30-2)22(26)25-23-21(24(27)28)18(13-31-23)16-8-7-14-5-3-4-6-15(14)11-16/h3-6,9-10,12-13,16,22,25-26H,7-8,11H2,1-2H3,(H,27,28). The first-order chi connectivity index (χ1) is 15.0. The van der Waals surface area contributed by atoms with Gasteiger partial charge in [0, 0.05) is 5.56 Å². The molecule has 0 amide bonds. The van der Waals surface area contributed by atoms with E-state index in [1.54, 1.807) is 25.3 Å². The predicted molar refractivity (Wildman–Crippen MR) is 121 cm³/mol. The number of thiophene rings is 1. The maximum Gasteiger partial charge on any atom is 0.338 e. The van der Waals surface area contributed by atoms with Gasteiger partial charge < -0.3 is 25.0 Å². The van der Waals surface area contributed by atoms with E-state index in [0.29, 0.717) is 22.1 Å². The van der Waals surface area contributed by atoms with Gasteiger partial charge in [-0.1, -0.05) is 30.3 Å². The Morgan fingerprint density at radius 2 is 1.87 bits per heavy atom. The number of rotatable bonds is 7. The van der Waals surface area contributed by atoms with Gasteiger partial charge in [0.1, 0.15) is 5.00 Å². The fourth-order valence-corrected chi connectivity index (χ4v) is 5.25. The molecule has 1 aromatic heterocycles. The highest BCUT2D eigenvalue weighted by Gasteiger charge is 2.28. The number of anilines is 1. The molecular formula is C24H25NO5S. The summed E-state index contributed by atoms with van der Waals surface area (Å²) in [7, 11) is 3.07. The fraction of sp³-hybridized carbons (Fsp3) is 0.292. The van der Waals surface area contributed by atoms with E-state index in [4.69, 9.17) is 9.47 Å². The van der Waals surface area contributed by atoms with E-state index in [2.05, 4.69) is 17.4 Å². The van der Waals surface area contributed by atoms with Crippen molar-refractivity contribution in [3.63, 3.8) is 0 Å². The minimum atomic E-state index is -1.09. The number of nitrogens with one attached hydrogen (secondary N) is 1. The Morgan fingerprint density at radius 1 is 1.13 bits per heavy atom. The van der Waals surface area contributed by atoms with Gasteiger partial charge in [-0.3, -0.25) is 0 Å². The molecule has 2 aromatic carbocycles. The second kappa shape index (κ2) is 8.99. The van der Waals surface area contributed by atoms with Crippen LogP contribution in [0, 0.1) is 0 Å². The summed E-state index contributed by atoms with van der Waals surface area (Å²) >= 11 is 1.31. The highest BCUT2D eigenvalue weighted by Crippen LogP contribution is 2.41. The molecule has 1 aliphatic rings. The Balaban J connectivity index is 1.59. The molecule has 7 heteroatoms. The van der Waals surface area contributed by atoms with Gasteiger partial charge in [-0.15, -0.1) is 11.3 Å². The Hall–Kier alpha value is -3.03. The van der Waals surface area contributed by atoms with E-state index in [9.17, 15) is 15.0 Å². The molecule has 2 unspecified atom stereocenters. The summed E-state index contributed by atoms with van der Waals surface area (Å²) in [5.74, 6) is 0.204. The molecule has 0 spiro atoms. The lowest BCUT2D eigenvalue weighted by molar-refractivity contribution is 0.0696. The van der Waals surface area contributed by atoms with Crippen LogP contribution < -0.4 is 14.8 Å². The van der Waals surface area contributed by atoms with Crippen molar-refractivity contribution in [2.24, 2.45) is 0 Å². The number of hydrogen-bond acceptors (Lipinski definition) is 6. The summed E-state index contributed by atoms with van der Waals surface area (Å²) in [5.41, 5.74) is 4.24. The zero-order valence-corrected chi connectivity index (χ0v) is 18.2. The second-order valence-corrected chi connectivity index (χ2v) is 8.45. The number of carbonyl (C=O) groups is 1. The molecule has 0 bridgehead atoms. The number of hydrogen-bond donors (Lipinski definition) is 3. The van der Waals surface area contributed by atoms with Crippen LogP contribution in [-0.4, -0.2) is 30.4 Å². The molecule has 3 N–H and O–H groups in total. The van der Waals surface area contributed by atoms with Gasteiger partial charge in [-0.05, 0) is 59.4 Å². The molecule has 6 nitrogen and oxygen atoms in total. The number of aliphatic hydroxyl groups excluding tert-OH is 1. The van der Waals surface area contributed by atoms with E-state index in [0.717, 1.165) is 24.8 Å². The maximum absolute atomic E-state index is 12.1. The topological polar surface area (TPSA) is 88.0 Å². The van der Waals surface area contributed by atoms with Crippen molar-refractivity contribution in [2.75, 3.05) is 19.5 Å². The van der Waals surface area contributed by atoms with E-state index in [1.807, 2.05) is 17.5 Å². The van der Waals surface area contributed by atoms with Gasteiger partial charge in [0.25, 0.3) is 0 Å². The molecular weight excluding hydrogens is 414 g/mol. The lowest BCUT2D eigenvalue weighted by Crippen LogP contribution is -2.16. The minimum absolute atomic E-state index is 0.144. The van der Waals surface area contributed by atoms with Gasteiger partial charge in [-0.2, -0.15) is 0 Å². The summed E-state index contributed by atoms with van der Waals surface area (Å²) in [5, 5.41) is 26.0. The third-order valence-corrected chi connectivity index (χ3v) is 6.74. The molecule has 0 saturated carbocycles. The summed E-state index contributed by atoms with van der Waals surface area (Å²) in [6, 6.07) is 13.4. The van der Waals surface area contributed by atoms with Crippen molar-refractivity contribution in [1.29, 1.82) is 0 Å². The number of carboxylic acids is 1. The van der Waals surface area contributed by atoms with Crippen LogP contribution >= 0.6 is 11.3 Å². The zero-order chi connectivity index (χ0) is 22.0. The van der Waals surface area contributed by atoms with E-state index in [-0.39, 0.29) is 11.5 Å². The smallest absolute Gasteiger partial charge is 0.338 e. The van der Waals surface area contributed by atoms with Crippen molar-refractivity contribution in [2.45, 2.75) is 31.4 Å². The first kappa shape index (κ1) is 21.2. The summed E-state index contributed by atoms with van der Waals surface area (Å²) in [6.45, 7) is 0. The molecule has 162 valence electrons. The number of carboxylic acid groups (broad SMARTS) is 1. The average molecular weight is 440 g/mol. The zero-order valence-electron chi connectivity index (χ0n) is 17.4. The highest BCUT2D eigenvalue weighted by atomic mass is 32.1. The van der Waals surface area contributed by atoms with Crippen LogP contribution in [0.5, 0.6) is 11.5 Å². The summed E-state index contributed by atoms with van der Waals surface area (Å²) < 4.78 is 10.5. The van der Waals surface area contributed by atoms with Crippen LogP contribution in [0.2, 0.25) is 0 Å². The van der Waals surface area contributed by atoms with E-state index < -0.39 is 12.2 Å². The van der Waals surface area contributed by atoms with Crippen molar-refractivity contribution in [3.05, 3.63) is 75.7 Å². The third kappa shape index (κ3) is 4.24. The highest BCUT2D eigenvalue weighted by molar-refractivity contribution is 7.14.